The second-order valence-corrected chi connectivity index (χ2v) is 11.1. The van der Waals surface area contributed by atoms with Crippen molar-refractivity contribution in [2.24, 2.45) is 0 Å². The number of anilines is 1. The first-order chi connectivity index (χ1) is 17.6. The largest absolute Gasteiger partial charge is 0.480 e. The van der Waals surface area contributed by atoms with Crippen molar-refractivity contribution < 1.29 is 32.6 Å². The number of hydrogen-bond acceptors (Lipinski definition) is 6. The molecule has 1 fully saturated rings. The lowest BCUT2D eigenvalue weighted by atomic mass is 9.94. The summed E-state index contributed by atoms with van der Waals surface area (Å²) in [5.74, 6) is -0.0381. The van der Waals surface area contributed by atoms with E-state index in [-0.39, 0.29) is 17.6 Å². The summed E-state index contributed by atoms with van der Waals surface area (Å²) >= 11 is 0. The predicted molar refractivity (Wildman–Crippen MR) is 136 cm³/mol. The maximum atomic E-state index is 13.3. The Hall–Kier alpha value is -3.89. The Morgan fingerprint density at radius 1 is 0.973 bits per heavy atom. The molecule has 1 atom stereocenters. The molecule has 1 saturated carbocycles. The monoisotopic (exact) mass is 522 g/mol. The number of amides is 1. The van der Waals surface area contributed by atoms with Crippen LogP contribution in [-0.2, 0) is 25.0 Å². The van der Waals surface area contributed by atoms with Crippen molar-refractivity contribution in [3.63, 3.8) is 0 Å². The molecule has 5 rings (SSSR count). The van der Waals surface area contributed by atoms with Crippen molar-refractivity contribution in [3.05, 3.63) is 71.8 Å². The maximum absolute atomic E-state index is 13.3. The summed E-state index contributed by atoms with van der Waals surface area (Å²) in [6.45, 7) is 3.36. The summed E-state index contributed by atoms with van der Waals surface area (Å²) in [4.78, 5) is 24.3. The predicted octanol–water partition coefficient (Wildman–Crippen LogP) is 3.81. The highest BCUT2D eigenvalue weighted by atomic mass is 32.2. The van der Waals surface area contributed by atoms with Gasteiger partial charge in [-0.15, -0.1) is 0 Å². The van der Waals surface area contributed by atoms with Crippen molar-refractivity contribution in [1.82, 2.24) is 4.72 Å². The number of carboxylic acids is 1. The van der Waals surface area contributed by atoms with Crippen LogP contribution in [0.1, 0.15) is 30.9 Å². The topological polar surface area (TPSA) is 131 Å². The van der Waals surface area contributed by atoms with Crippen LogP contribution in [0.3, 0.4) is 0 Å². The van der Waals surface area contributed by atoms with E-state index in [0.717, 1.165) is 35.1 Å². The molecule has 1 aliphatic carbocycles. The van der Waals surface area contributed by atoms with Crippen molar-refractivity contribution in [3.8, 4) is 22.6 Å². The Balaban J connectivity index is 1.35. The molecule has 10 heteroatoms. The number of aliphatic carboxylic acids is 1. The molecule has 1 heterocycles. The number of carboxylic acid groups (broad SMARTS) is 1. The fourth-order valence-corrected chi connectivity index (χ4v) is 5.59. The van der Waals surface area contributed by atoms with E-state index in [1.807, 2.05) is 43.3 Å². The molecule has 37 heavy (non-hydrogen) atoms. The molecule has 0 radical (unpaired) electrons. The van der Waals surface area contributed by atoms with Gasteiger partial charge < -0.3 is 19.9 Å². The number of nitrogens with one attached hydrogen (secondary N) is 2. The second-order valence-electron chi connectivity index (χ2n) is 9.34. The Labute approximate surface area is 214 Å². The first-order valence-electron chi connectivity index (χ1n) is 11.8. The highest BCUT2D eigenvalue weighted by molar-refractivity contribution is 7.89. The van der Waals surface area contributed by atoms with Gasteiger partial charge in [0.2, 0.25) is 22.7 Å². The third kappa shape index (κ3) is 4.77. The molecule has 1 aliphatic heterocycles. The van der Waals surface area contributed by atoms with Crippen molar-refractivity contribution in [2.45, 2.75) is 43.0 Å². The lowest BCUT2D eigenvalue weighted by Crippen LogP contribution is -2.38. The molecule has 3 aromatic rings. The standard InChI is InChI=1S/C27H26N2O7S/c1-16-3-7-20(28-26(32)27(11-12-27)19-6-10-23-24(13-19)36-15-35-23)14-22(16)18-4-8-21(9-5-18)37(33,34)29-17(2)25(30)31/h3-10,13-14,17,29H,11-12,15H2,1-2H3,(H,28,32)(H,30,31)/t17-/m1/s1. The number of carbonyl (C=O) groups is 2. The van der Waals surface area contributed by atoms with E-state index in [2.05, 4.69) is 10.0 Å². The van der Waals surface area contributed by atoms with Gasteiger partial charge in [-0.1, -0.05) is 24.3 Å². The van der Waals surface area contributed by atoms with Crippen LogP contribution in [0.25, 0.3) is 11.1 Å². The number of sulfonamides is 1. The minimum absolute atomic E-state index is 0.0362. The zero-order chi connectivity index (χ0) is 26.4. The number of fused-ring (bicyclic) bond motifs is 1. The maximum Gasteiger partial charge on any atom is 0.321 e. The molecule has 0 bridgehead atoms. The van der Waals surface area contributed by atoms with Crippen LogP contribution < -0.4 is 19.5 Å². The summed E-state index contributed by atoms with van der Waals surface area (Å²) in [6, 6.07) is 16.1. The van der Waals surface area contributed by atoms with Crippen LogP contribution in [0.4, 0.5) is 5.69 Å². The normalized spacial score (nSPS) is 16.2. The molecular formula is C27H26N2O7S. The van der Waals surface area contributed by atoms with Gasteiger partial charge in [0.25, 0.3) is 0 Å². The number of hydrogen-bond donors (Lipinski definition) is 3. The van der Waals surface area contributed by atoms with Gasteiger partial charge in [-0.3, -0.25) is 9.59 Å². The van der Waals surface area contributed by atoms with Crippen LogP contribution in [-0.4, -0.2) is 38.2 Å². The van der Waals surface area contributed by atoms with Gasteiger partial charge in [0.05, 0.1) is 10.3 Å². The SMILES string of the molecule is Cc1ccc(NC(=O)C2(c3ccc4c(c3)OCO4)CC2)cc1-c1ccc(S(=O)(=O)N[C@H](C)C(=O)O)cc1. The number of carbonyl (C=O) groups excluding carboxylic acids is 1. The molecule has 9 nitrogen and oxygen atoms in total. The Morgan fingerprint density at radius 3 is 2.35 bits per heavy atom. The fraction of sp³-hybridized carbons (Fsp3) is 0.259. The van der Waals surface area contributed by atoms with Gasteiger partial charge in [-0.2, -0.15) is 4.72 Å². The molecule has 3 aromatic carbocycles. The van der Waals surface area contributed by atoms with Crippen LogP contribution in [0.2, 0.25) is 0 Å². The summed E-state index contributed by atoms with van der Waals surface area (Å²) < 4.78 is 37.9. The van der Waals surface area contributed by atoms with E-state index in [1.54, 1.807) is 12.1 Å². The Bertz CT molecular complexity index is 1500. The fourth-order valence-electron chi connectivity index (χ4n) is 4.39. The minimum atomic E-state index is -3.98. The van der Waals surface area contributed by atoms with Gasteiger partial charge in [0, 0.05) is 5.69 Å². The van der Waals surface area contributed by atoms with Crippen molar-refractivity contribution >= 4 is 27.6 Å². The molecule has 3 N–H and O–H groups in total. The molecule has 0 unspecified atom stereocenters. The Kier molecular flexibility index (Phi) is 6.17. The van der Waals surface area contributed by atoms with Crippen LogP contribution in [0.5, 0.6) is 11.5 Å². The molecule has 192 valence electrons. The highest BCUT2D eigenvalue weighted by Gasteiger charge is 2.51. The van der Waals surface area contributed by atoms with E-state index >= 15 is 0 Å². The smallest absolute Gasteiger partial charge is 0.321 e. The van der Waals surface area contributed by atoms with E-state index in [4.69, 9.17) is 14.6 Å². The summed E-state index contributed by atoms with van der Waals surface area (Å²) in [5.41, 5.74) is 3.46. The van der Waals surface area contributed by atoms with Crippen molar-refractivity contribution in [2.75, 3.05) is 12.1 Å². The molecule has 2 aliphatic rings. The average molecular weight is 523 g/mol. The van der Waals surface area contributed by atoms with Gasteiger partial charge in [-0.25, -0.2) is 8.42 Å². The van der Waals surface area contributed by atoms with Crippen LogP contribution >= 0.6 is 0 Å². The first kappa shape index (κ1) is 24.8. The van der Waals surface area contributed by atoms with Gasteiger partial charge in [0.1, 0.15) is 6.04 Å². The second kappa shape index (κ2) is 9.20. The van der Waals surface area contributed by atoms with E-state index < -0.39 is 27.4 Å². The lowest BCUT2D eigenvalue weighted by molar-refractivity contribution is -0.138. The lowest BCUT2D eigenvalue weighted by Gasteiger charge is -2.17. The third-order valence-electron chi connectivity index (χ3n) is 6.78. The van der Waals surface area contributed by atoms with Crippen molar-refractivity contribution in [1.29, 1.82) is 0 Å². The molecule has 0 aromatic heterocycles. The summed E-state index contributed by atoms with van der Waals surface area (Å²) in [5, 5.41) is 12.0. The van der Waals surface area contributed by atoms with Crippen LogP contribution in [0.15, 0.2) is 65.6 Å². The minimum Gasteiger partial charge on any atom is -0.480 e. The van der Waals surface area contributed by atoms with Gasteiger partial charge in [-0.05, 0) is 85.3 Å². The molecular weight excluding hydrogens is 496 g/mol. The van der Waals surface area contributed by atoms with E-state index in [0.29, 0.717) is 17.2 Å². The number of ether oxygens (including phenoxy) is 2. The summed E-state index contributed by atoms with van der Waals surface area (Å²) in [6.07, 6.45) is 1.48. The average Bonchev–Trinajstić information content (AvgIpc) is 3.55. The summed E-state index contributed by atoms with van der Waals surface area (Å²) in [7, 11) is -3.98. The number of benzene rings is 3. The molecule has 0 saturated heterocycles. The number of aryl methyl sites for hydroxylation is 1. The molecule has 0 spiro atoms. The van der Waals surface area contributed by atoms with Gasteiger partial charge in [0.15, 0.2) is 11.5 Å². The zero-order valence-electron chi connectivity index (χ0n) is 20.3. The third-order valence-corrected chi connectivity index (χ3v) is 8.34. The van der Waals surface area contributed by atoms with Crippen LogP contribution in [0, 0.1) is 6.92 Å². The van der Waals surface area contributed by atoms with E-state index in [9.17, 15) is 18.0 Å². The first-order valence-corrected chi connectivity index (χ1v) is 13.3. The highest BCUT2D eigenvalue weighted by Crippen LogP contribution is 2.51. The molecule has 1 amide bonds. The van der Waals surface area contributed by atoms with Gasteiger partial charge >= 0.3 is 5.97 Å². The van der Waals surface area contributed by atoms with E-state index in [1.165, 1.54) is 19.1 Å². The quantitative estimate of drug-likeness (QED) is 0.410. The number of rotatable bonds is 8. The zero-order valence-corrected chi connectivity index (χ0v) is 21.1. The Morgan fingerprint density at radius 2 is 1.68 bits per heavy atom.